The standard InChI is InChI=1S/Bi.K.Mn.Ni.H. The van der Waals surface area contributed by atoms with Crippen LogP contribution in [0.3, 0.4) is 0 Å². The summed E-state index contributed by atoms with van der Waals surface area (Å²) in [5.41, 5.74) is 0. The summed E-state index contributed by atoms with van der Waals surface area (Å²) in [7, 11) is 0. The van der Waals surface area contributed by atoms with Gasteiger partial charge in [-0.25, -0.2) is 0 Å². The van der Waals surface area contributed by atoms with Crippen molar-refractivity contribution in [1.29, 1.82) is 0 Å². The van der Waals surface area contributed by atoms with Crippen molar-refractivity contribution in [3.63, 3.8) is 0 Å². The smallest absolute Gasteiger partial charge is 0 e. The van der Waals surface area contributed by atoms with E-state index in [1.54, 1.807) is 0 Å². The van der Waals surface area contributed by atoms with Crippen molar-refractivity contribution in [1.82, 2.24) is 0 Å². The van der Waals surface area contributed by atoms with Crippen LogP contribution in [0.1, 0.15) is 0 Å². The van der Waals surface area contributed by atoms with Crippen LogP contribution in [-0.4, -0.2) is 77.6 Å². The Balaban J connectivity index is 0. The van der Waals surface area contributed by atoms with Crippen LogP contribution in [0.2, 0.25) is 0 Å². The minimum atomic E-state index is 0. The second-order valence-corrected chi connectivity index (χ2v) is 0. The molecule has 0 N–H and O–H groups in total. The van der Waals surface area contributed by atoms with Gasteiger partial charge in [-0.05, 0) is 0 Å². The summed E-state index contributed by atoms with van der Waals surface area (Å²) in [6.07, 6.45) is 0. The van der Waals surface area contributed by atoms with E-state index in [1.165, 1.54) is 0 Å². The van der Waals surface area contributed by atoms with Crippen LogP contribution in [0.4, 0.5) is 0 Å². The van der Waals surface area contributed by atoms with Gasteiger partial charge in [0, 0.05) is 59.8 Å². The summed E-state index contributed by atoms with van der Waals surface area (Å²) in [5.74, 6) is 0. The van der Waals surface area contributed by atoms with Crippen molar-refractivity contribution >= 4 is 77.6 Å². The quantitative estimate of drug-likeness (QED) is 0.483. The SMILES string of the molecule is [Bi].[KH].[Mn].[Ni]. The van der Waals surface area contributed by atoms with Crippen LogP contribution in [-0.2, 0) is 33.6 Å². The molecular weight excluding hydrogens is 362 g/mol. The molecule has 0 unspecified atom stereocenters. The van der Waals surface area contributed by atoms with Crippen LogP contribution >= 0.6 is 0 Å². The van der Waals surface area contributed by atoms with Crippen LogP contribution in [0.15, 0.2) is 0 Å². The van der Waals surface area contributed by atoms with Crippen LogP contribution in [0.25, 0.3) is 0 Å². The molecule has 0 amide bonds. The summed E-state index contributed by atoms with van der Waals surface area (Å²) in [6, 6.07) is 0. The first-order valence-electron chi connectivity index (χ1n) is 0. The molecule has 4 heavy (non-hydrogen) atoms. The van der Waals surface area contributed by atoms with E-state index in [2.05, 4.69) is 0 Å². The molecule has 0 aromatic rings. The van der Waals surface area contributed by atoms with Crippen LogP contribution in [0.5, 0.6) is 0 Å². The number of hydrogen-bond acceptors (Lipinski definition) is 0. The van der Waals surface area contributed by atoms with Gasteiger partial charge < -0.3 is 0 Å². The third-order valence-corrected chi connectivity index (χ3v) is 0. The molecule has 4 radical (unpaired) electrons. The molecule has 0 aromatic carbocycles. The van der Waals surface area contributed by atoms with E-state index in [-0.39, 0.29) is 111 Å². The Hall–Kier alpha value is 3.53. The molecule has 0 aliphatic rings. The van der Waals surface area contributed by atoms with Gasteiger partial charge in [-0.1, -0.05) is 0 Å². The third-order valence-electron chi connectivity index (χ3n) is 0. The van der Waals surface area contributed by atoms with Crippen LogP contribution < -0.4 is 0 Å². The summed E-state index contributed by atoms with van der Waals surface area (Å²) < 4.78 is 0. The van der Waals surface area contributed by atoms with Crippen molar-refractivity contribution in [3.8, 4) is 0 Å². The Morgan fingerprint density at radius 2 is 1.00 bits per heavy atom. The van der Waals surface area contributed by atoms with Crippen molar-refractivity contribution in [3.05, 3.63) is 0 Å². The Morgan fingerprint density at radius 3 is 1.00 bits per heavy atom. The van der Waals surface area contributed by atoms with E-state index in [0.717, 1.165) is 0 Å². The second kappa shape index (κ2) is 16.0. The van der Waals surface area contributed by atoms with E-state index < -0.39 is 0 Å². The van der Waals surface area contributed by atoms with Crippen molar-refractivity contribution in [2.24, 2.45) is 0 Å². The predicted octanol–water partition coefficient (Wildman–Crippen LogP) is -1.03. The molecule has 24 valence electrons. The van der Waals surface area contributed by atoms with Gasteiger partial charge in [-0.15, -0.1) is 0 Å². The maximum Gasteiger partial charge on any atom is 0 e. The van der Waals surface area contributed by atoms with Gasteiger partial charge >= 0.3 is 51.4 Å². The first kappa shape index (κ1) is 25.8. The van der Waals surface area contributed by atoms with Gasteiger partial charge in [0.05, 0.1) is 0 Å². The molecular formula is HBiKMnNi. The monoisotopic (exact) mass is 362 g/mol. The molecule has 0 bridgehead atoms. The number of rotatable bonds is 0. The van der Waals surface area contributed by atoms with Crippen molar-refractivity contribution in [2.45, 2.75) is 0 Å². The molecule has 0 aliphatic heterocycles. The summed E-state index contributed by atoms with van der Waals surface area (Å²) >= 11 is 0. The molecule has 0 nitrogen and oxygen atoms in total. The third kappa shape index (κ3) is 9.11. The van der Waals surface area contributed by atoms with E-state index >= 15 is 0 Å². The minimum absolute atomic E-state index is 0. The zero-order valence-electron chi connectivity index (χ0n) is 1.14. The maximum atomic E-state index is 0. The molecule has 4 heteroatoms. The summed E-state index contributed by atoms with van der Waals surface area (Å²) in [5, 5.41) is 0. The Morgan fingerprint density at radius 1 is 1.00 bits per heavy atom. The molecule has 0 heterocycles. The topological polar surface area (TPSA) is 0 Å². The van der Waals surface area contributed by atoms with Gasteiger partial charge in [0.2, 0.25) is 0 Å². The first-order valence-corrected chi connectivity index (χ1v) is 0. The zero-order chi connectivity index (χ0) is 0. The molecule has 0 aliphatic carbocycles. The van der Waals surface area contributed by atoms with Gasteiger partial charge in [0.25, 0.3) is 0 Å². The van der Waals surface area contributed by atoms with Gasteiger partial charge in [-0.3, -0.25) is 0 Å². The normalized spacial score (nSPS) is 0. The average Bonchev–Trinajstić information content (AvgIpc) is 0. The molecule has 0 rings (SSSR count). The molecule has 0 saturated carbocycles. The van der Waals surface area contributed by atoms with Crippen LogP contribution in [0, 0.1) is 0 Å². The fraction of sp³-hybridized carbons (Fsp3) is 0. The fourth-order valence-electron chi connectivity index (χ4n) is 0. The Bertz CT molecular complexity index is 8.00. The van der Waals surface area contributed by atoms with E-state index in [9.17, 15) is 0 Å². The molecule has 0 saturated heterocycles. The second-order valence-electron chi connectivity index (χ2n) is 0. The van der Waals surface area contributed by atoms with Gasteiger partial charge in [0.15, 0.2) is 0 Å². The molecule has 0 aromatic heterocycles. The number of hydrogen-bond donors (Lipinski definition) is 0. The Labute approximate surface area is 108 Å². The van der Waals surface area contributed by atoms with Crippen molar-refractivity contribution in [2.75, 3.05) is 0 Å². The predicted molar refractivity (Wildman–Crippen MR) is 12.9 cm³/mol. The molecule has 0 spiro atoms. The first-order chi connectivity index (χ1) is 0. The zero-order valence-corrected chi connectivity index (χ0v) is 6.79. The van der Waals surface area contributed by atoms with E-state index in [1.807, 2.05) is 0 Å². The van der Waals surface area contributed by atoms with Gasteiger partial charge in [0.1, 0.15) is 0 Å². The minimum Gasteiger partial charge on any atom is 0 e. The summed E-state index contributed by atoms with van der Waals surface area (Å²) in [4.78, 5) is 0. The Kier molecular flexibility index (Phi) is 103. The average molecular weight is 363 g/mol. The van der Waals surface area contributed by atoms with Crippen molar-refractivity contribution < 1.29 is 33.6 Å². The fourth-order valence-corrected chi connectivity index (χ4v) is 0. The van der Waals surface area contributed by atoms with E-state index in [0.29, 0.717) is 0 Å². The molecule has 0 fully saturated rings. The maximum absolute atomic E-state index is 0. The van der Waals surface area contributed by atoms with Gasteiger partial charge in [-0.2, -0.15) is 0 Å². The van der Waals surface area contributed by atoms with E-state index in [4.69, 9.17) is 0 Å². The molecule has 0 atom stereocenters. The summed E-state index contributed by atoms with van der Waals surface area (Å²) in [6.45, 7) is 0. The largest absolute Gasteiger partial charge is 0 e.